The van der Waals surface area contributed by atoms with Crippen molar-refractivity contribution in [2.75, 3.05) is 31.7 Å². The molecule has 0 saturated carbocycles. The first-order chi connectivity index (χ1) is 15.6. The zero-order chi connectivity index (χ0) is 22.5. The summed E-state index contributed by atoms with van der Waals surface area (Å²) in [4.78, 5) is 29.1. The summed E-state index contributed by atoms with van der Waals surface area (Å²) in [6, 6.07) is 19.4. The largest absolute Gasteiger partial charge is 0.493 e. The third-order valence-corrected chi connectivity index (χ3v) is 5.60. The summed E-state index contributed by atoms with van der Waals surface area (Å²) >= 11 is 0. The van der Waals surface area contributed by atoms with Gasteiger partial charge in [0.2, 0.25) is 11.8 Å². The molecule has 0 fully saturated rings. The average molecular weight is 433 g/mol. The summed E-state index contributed by atoms with van der Waals surface area (Å²) in [5.74, 6) is 1.14. The van der Waals surface area contributed by atoms with E-state index in [1.165, 1.54) is 4.90 Å². The Hall–Kier alpha value is -3.54. The van der Waals surface area contributed by atoms with Crippen LogP contribution in [0.2, 0.25) is 0 Å². The summed E-state index contributed by atoms with van der Waals surface area (Å²) in [6.45, 7) is 3.34. The maximum atomic E-state index is 13.2. The van der Waals surface area contributed by atoms with Crippen LogP contribution < -0.4 is 14.4 Å². The summed E-state index contributed by atoms with van der Waals surface area (Å²) in [7, 11) is 1.76. The smallest absolute Gasteiger partial charge is 0.242 e. The van der Waals surface area contributed by atoms with E-state index in [4.69, 9.17) is 9.47 Å². The van der Waals surface area contributed by atoms with Crippen LogP contribution in [-0.2, 0) is 16.1 Å². The number of carbonyl (C=O) groups excluding carboxylic acids is 2. The molecule has 0 bridgehead atoms. The number of anilines is 1. The molecule has 0 atom stereocenters. The van der Waals surface area contributed by atoms with Gasteiger partial charge in [-0.3, -0.25) is 14.5 Å². The van der Waals surface area contributed by atoms with Crippen molar-refractivity contribution in [3.63, 3.8) is 0 Å². The van der Waals surface area contributed by atoms with Crippen molar-refractivity contribution >= 4 is 28.3 Å². The Labute approximate surface area is 188 Å². The molecule has 3 aromatic carbocycles. The molecular formula is C26H28N2O4. The molecule has 0 saturated heterocycles. The minimum absolute atomic E-state index is 0.0361. The lowest BCUT2D eigenvalue weighted by Crippen LogP contribution is -2.41. The number of ether oxygens (including phenoxy) is 2. The molecule has 6 nitrogen and oxygen atoms in total. The highest BCUT2D eigenvalue weighted by atomic mass is 16.5. The number of carbonyl (C=O) groups is 2. The highest BCUT2D eigenvalue weighted by Crippen LogP contribution is 2.32. The third kappa shape index (κ3) is 4.54. The summed E-state index contributed by atoms with van der Waals surface area (Å²) in [5.41, 5.74) is 1.60. The molecule has 1 heterocycles. The van der Waals surface area contributed by atoms with E-state index >= 15 is 0 Å². The number of nitrogens with zero attached hydrogens (tertiary/aromatic N) is 2. The molecule has 0 unspecified atom stereocenters. The van der Waals surface area contributed by atoms with Gasteiger partial charge in [0, 0.05) is 19.2 Å². The topological polar surface area (TPSA) is 59.1 Å². The van der Waals surface area contributed by atoms with Crippen LogP contribution in [-0.4, -0.2) is 43.5 Å². The summed E-state index contributed by atoms with van der Waals surface area (Å²) in [6.07, 6.45) is 1.14. The lowest BCUT2D eigenvalue weighted by Gasteiger charge is -2.26. The molecule has 2 amide bonds. The van der Waals surface area contributed by atoms with E-state index in [1.807, 2.05) is 54.6 Å². The maximum Gasteiger partial charge on any atom is 0.242 e. The van der Waals surface area contributed by atoms with Crippen LogP contribution in [0.15, 0.2) is 60.7 Å². The van der Waals surface area contributed by atoms with Crippen LogP contribution >= 0.6 is 0 Å². The predicted octanol–water partition coefficient (Wildman–Crippen LogP) is 4.40. The Morgan fingerprint density at radius 1 is 1.09 bits per heavy atom. The molecule has 3 aromatic rings. The van der Waals surface area contributed by atoms with Gasteiger partial charge in [0.05, 0.1) is 25.3 Å². The van der Waals surface area contributed by atoms with Gasteiger partial charge in [-0.05, 0) is 35.4 Å². The molecule has 0 aliphatic carbocycles. The van der Waals surface area contributed by atoms with Gasteiger partial charge in [-0.15, -0.1) is 0 Å². The Morgan fingerprint density at radius 2 is 1.88 bits per heavy atom. The fourth-order valence-corrected chi connectivity index (χ4v) is 3.90. The van der Waals surface area contributed by atoms with Crippen molar-refractivity contribution in [1.29, 1.82) is 0 Å². The summed E-state index contributed by atoms with van der Waals surface area (Å²) in [5, 5.41) is 2.16. The van der Waals surface area contributed by atoms with Crippen LogP contribution in [0.4, 0.5) is 5.69 Å². The van der Waals surface area contributed by atoms with Crippen LogP contribution in [0, 0.1) is 0 Å². The zero-order valence-electron chi connectivity index (χ0n) is 18.5. The first-order valence-electron chi connectivity index (χ1n) is 11.0. The second-order valence-electron chi connectivity index (χ2n) is 7.91. The van der Waals surface area contributed by atoms with Gasteiger partial charge < -0.3 is 14.4 Å². The number of amides is 2. The number of para-hydroxylation sites is 2. The fraction of sp³-hybridized carbons (Fsp3) is 0.308. The van der Waals surface area contributed by atoms with Crippen molar-refractivity contribution in [3.05, 3.63) is 66.2 Å². The van der Waals surface area contributed by atoms with E-state index in [-0.39, 0.29) is 24.8 Å². The standard InChI is InChI=1S/C26H28N2O4/c1-3-15-31-23-13-12-19-8-4-5-9-20(19)21(23)17-27(2)26(30)18-28-22-10-6-7-11-24(22)32-16-14-25(28)29/h4-13H,3,14-18H2,1-2H3. The maximum absolute atomic E-state index is 13.2. The molecule has 0 radical (unpaired) electrons. The van der Waals surface area contributed by atoms with E-state index in [2.05, 4.69) is 13.0 Å². The SMILES string of the molecule is CCCOc1ccc2ccccc2c1CN(C)C(=O)CN1C(=O)CCOc2ccccc21. The number of hydrogen-bond donors (Lipinski definition) is 0. The van der Waals surface area contributed by atoms with Gasteiger partial charge in [0.15, 0.2) is 0 Å². The van der Waals surface area contributed by atoms with Crippen LogP contribution in [0.5, 0.6) is 11.5 Å². The number of fused-ring (bicyclic) bond motifs is 2. The van der Waals surface area contributed by atoms with Gasteiger partial charge in [-0.2, -0.15) is 0 Å². The Balaban J connectivity index is 1.58. The van der Waals surface area contributed by atoms with Crippen molar-refractivity contribution in [3.8, 4) is 11.5 Å². The van der Waals surface area contributed by atoms with Gasteiger partial charge in [0.1, 0.15) is 18.0 Å². The molecule has 0 spiro atoms. The van der Waals surface area contributed by atoms with Crippen molar-refractivity contribution < 1.29 is 19.1 Å². The first-order valence-corrected chi connectivity index (χ1v) is 11.0. The highest BCUT2D eigenvalue weighted by molar-refractivity contribution is 6.00. The minimum atomic E-state index is -0.149. The van der Waals surface area contributed by atoms with E-state index in [0.717, 1.165) is 28.5 Å². The first kappa shape index (κ1) is 21.7. The molecule has 166 valence electrons. The quantitative estimate of drug-likeness (QED) is 0.555. The zero-order valence-corrected chi connectivity index (χ0v) is 18.5. The predicted molar refractivity (Wildman–Crippen MR) is 125 cm³/mol. The van der Waals surface area contributed by atoms with Crippen LogP contribution in [0.1, 0.15) is 25.3 Å². The van der Waals surface area contributed by atoms with Crippen molar-refractivity contribution in [2.45, 2.75) is 26.3 Å². The van der Waals surface area contributed by atoms with E-state index in [1.54, 1.807) is 11.9 Å². The molecule has 0 aromatic heterocycles. The van der Waals surface area contributed by atoms with Gasteiger partial charge in [-0.1, -0.05) is 49.4 Å². The van der Waals surface area contributed by atoms with Gasteiger partial charge >= 0.3 is 0 Å². The Kier molecular flexibility index (Phi) is 6.59. The lowest BCUT2D eigenvalue weighted by molar-refractivity contribution is -0.130. The molecule has 32 heavy (non-hydrogen) atoms. The highest BCUT2D eigenvalue weighted by Gasteiger charge is 2.26. The molecule has 6 heteroatoms. The van der Waals surface area contributed by atoms with E-state index in [9.17, 15) is 9.59 Å². The third-order valence-electron chi connectivity index (χ3n) is 5.60. The van der Waals surface area contributed by atoms with Crippen LogP contribution in [0.3, 0.4) is 0 Å². The molecule has 1 aliphatic rings. The second kappa shape index (κ2) is 9.73. The number of rotatable bonds is 7. The molecule has 4 rings (SSSR count). The minimum Gasteiger partial charge on any atom is -0.493 e. The molecule has 1 aliphatic heterocycles. The second-order valence-corrected chi connectivity index (χ2v) is 7.91. The number of hydrogen-bond acceptors (Lipinski definition) is 4. The van der Waals surface area contributed by atoms with Crippen molar-refractivity contribution in [2.24, 2.45) is 0 Å². The average Bonchev–Trinajstić information content (AvgIpc) is 2.97. The monoisotopic (exact) mass is 432 g/mol. The molecular weight excluding hydrogens is 404 g/mol. The van der Waals surface area contributed by atoms with E-state index in [0.29, 0.717) is 31.2 Å². The lowest BCUT2D eigenvalue weighted by atomic mass is 10.0. The summed E-state index contributed by atoms with van der Waals surface area (Å²) < 4.78 is 11.7. The Bertz CT molecular complexity index is 1130. The van der Waals surface area contributed by atoms with E-state index < -0.39 is 0 Å². The fourth-order valence-electron chi connectivity index (χ4n) is 3.90. The van der Waals surface area contributed by atoms with Crippen molar-refractivity contribution in [1.82, 2.24) is 4.90 Å². The number of likely N-dealkylation sites (N-methyl/N-ethyl adjacent to an activating group) is 1. The van der Waals surface area contributed by atoms with Gasteiger partial charge in [-0.25, -0.2) is 0 Å². The number of benzene rings is 3. The Morgan fingerprint density at radius 3 is 2.72 bits per heavy atom. The van der Waals surface area contributed by atoms with Gasteiger partial charge in [0.25, 0.3) is 0 Å². The normalized spacial score (nSPS) is 13.3. The molecule has 0 N–H and O–H groups in total. The van der Waals surface area contributed by atoms with Crippen LogP contribution in [0.25, 0.3) is 10.8 Å².